The van der Waals surface area contributed by atoms with Crippen LogP contribution in [0.3, 0.4) is 0 Å². The second-order valence-electron chi connectivity index (χ2n) is 16.6. The third-order valence-corrected chi connectivity index (χ3v) is 11.9. The van der Waals surface area contributed by atoms with E-state index in [0.29, 0.717) is 0 Å². The Bertz CT molecular complexity index is 2370. The predicted molar refractivity (Wildman–Crippen MR) is 250 cm³/mol. The average Bonchev–Trinajstić information content (AvgIpc) is 3.38. The highest BCUT2D eigenvalue weighted by Crippen LogP contribution is 2.37. The summed E-state index contributed by atoms with van der Waals surface area (Å²) in [4.78, 5) is 3.27. The van der Waals surface area contributed by atoms with Crippen molar-refractivity contribution in [3.05, 3.63) is 226 Å². The smallest absolute Gasteiger partial charge is 0.169 e. The Balaban J connectivity index is 1.15. The zero-order valence-corrected chi connectivity index (χ0v) is 37.1. The minimum Gasteiger partial charge on any atom is -0.387 e. The van der Waals surface area contributed by atoms with Gasteiger partial charge in [0.2, 0.25) is 0 Å². The van der Waals surface area contributed by atoms with E-state index in [0.717, 1.165) is 33.4 Å². The van der Waals surface area contributed by atoms with Gasteiger partial charge in [-0.3, -0.25) is 0 Å². The zero-order valence-electron chi connectivity index (χ0n) is 37.1. The molecule has 8 rings (SSSR count). The van der Waals surface area contributed by atoms with Crippen molar-refractivity contribution in [1.82, 2.24) is 0 Å². The summed E-state index contributed by atoms with van der Waals surface area (Å²) in [6.07, 6.45) is -11.6. The topological polar surface area (TPSA) is 163 Å². The van der Waals surface area contributed by atoms with Crippen LogP contribution in [0.4, 0.5) is 0 Å². The summed E-state index contributed by atoms with van der Waals surface area (Å²) in [5.41, 5.74) is 15.6. The highest BCUT2D eigenvalue weighted by Gasteiger charge is 2.56. The van der Waals surface area contributed by atoms with Crippen LogP contribution in [0.15, 0.2) is 187 Å². The van der Waals surface area contributed by atoms with E-state index in [1.54, 1.807) is 0 Å². The van der Waals surface area contributed by atoms with Crippen LogP contribution in [0, 0.1) is 0 Å². The second kappa shape index (κ2) is 24.8. The highest BCUT2D eigenvalue weighted by molar-refractivity contribution is 5.19. The van der Waals surface area contributed by atoms with Crippen LogP contribution in [-0.4, -0.2) is 84.1 Å². The summed E-state index contributed by atoms with van der Waals surface area (Å²) >= 11 is 0. The van der Waals surface area contributed by atoms with Crippen molar-refractivity contribution >= 4 is 0 Å². The van der Waals surface area contributed by atoms with Crippen molar-refractivity contribution in [2.75, 3.05) is 6.61 Å². The molecule has 13 nitrogen and oxygen atoms in total. The molecular weight excluding hydrogens is 851 g/mol. The minimum absolute atomic E-state index is 0.0321. The monoisotopic (exact) mass is 907 g/mol. The molecule has 2 fully saturated rings. The summed E-state index contributed by atoms with van der Waals surface area (Å²) in [6.45, 7) is 1.00. The molecular formula is C54H57N3O10. The second-order valence-corrected chi connectivity index (χ2v) is 16.6. The molecule has 67 heavy (non-hydrogen) atoms. The van der Waals surface area contributed by atoms with Crippen LogP contribution >= 0.6 is 0 Å². The Morgan fingerprint density at radius 3 is 1.15 bits per heavy atom. The summed E-state index contributed by atoms with van der Waals surface area (Å²) in [5.74, 6) is 0. The number of nitrogens with zero attached hydrogens (tertiary/aromatic N) is 3. The fourth-order valence-corrected chi connectivity index (χ4v) is 8.45. The maximum atomic E-state index is 12.3. The van der Waals surface area contributed by atoms with Gasteiger partial charge in [0.1, 0.15) is 61.0 Å². The van der Waals surface area contributed by atoms with Crippen molar-refractivity contribution in [3.63, 3.8) is 0 Å². The van der Waals surface area contributed by atoms with Gasteiger partial charge in [-0.2, -0.15) is 0 Å². The van der Waals surface area contributed by atoms with Gasteiger partial charge in [-0.05, 0) is 38.9 Å². The lowest BCUT2D eigenvalue weighted by Gasteiger charge is -2.50. The van der Waals surface area contributed by atoms with Crippen LogP contribution in [0.25, 0.3) is 10.4 Å². The summed E-state index contributed by atoms with van der Waals surface area (Å²) < 4.78 is 53.5. The standard InChI is InChI=1S/C54H57N3O10/c55-57-56-45-49(62-33-40-23-11-3-12-24-40)48(61-32-39-21-9-2-10-22-39)44(37-60-31-38-19-7-1-8-20-38)66-54(45)67-51-47(59)46(58)50(63-34-41-25-13-4-14-26-41)52(64-35-42-27-15-5-16-28-42)53(51)65-36-43-29-17-6-18-30-43/h1-30,44-54,58-59H,31-37H2/t44?,45?,46-,47?,48-,49+,50?,51-,52?,53+,54?/m0/s1. The van der Waals surface area contributed by atoms with E-state index in [1.807, 2.05) is 182 Å². The Kier molecular flexibility index (Phi) is 17.7. The molecule has 13 heteroatoms. The van der Waals surface area contributed by atoms with Gasteiger partial charge < -0.3 is 48.1 Å². The van der Waals surface area contributed by atoms with Gasteiger partial charge in [-0.15, -0.1) is 0 Å². The van der Waals surface area contributed by atoms with Crippen LogP contribution in [0.1, 0.15) is 33.4 Å². The van der Waals surface area contributed by atoms with Gasteiger partial charge in [0.25, 0.3) is 0 Å². The van der Waals surface area contributed by atoms with Gasteiger partial charge in [-0.25, -0.2) is 0 Å². The van der Waals surface area contributed by atoms with Gasteiger partial charge in [0.15, 0.2) is 6.29 Å². The molecule has 6 aromatic carbocycles. The van der Waals surface area contributed by atoms with E-state index in [1.165, 1.54) is 0 Å². The molecule has 348 valence electrons. The van der Waals surface area contributed by atoms with Crippen LogP contribution in [0.2, 0.25) is 0 Å². The summed E-state index contributed by atoms with van der Waals surface area (Å²) in [5, 5.41) is 28.7. The van der Waals surface area contributed by atoms with E-state index in [2.05, 4.69) is 10.0 Å². The first-order valence-electron chi connectivity index (χ1n) is 22.6. The van der Waals surface area contributed by atoms with Crippen molar-refractivity contribution in [3.8, 4) is 0 Å². The summed E-state index contributed by atoms with van der Waals surface area (Å²) in [6, 6.07) is 56.7. The number of benzene rings is 6. The predicted octanol–water partition coefficient (Wildman–Crippen LogP) is 8.65. The van der Waals surface area contributed by atoms with Gasteiger partial charge in [-0.1, -0.05) is 187 Å². The molecule has 0 spiro atoms. The molecule has 1 aliphatic carbocycles. The lowest BCUT2D eigenvalue weighted by molar-refractivity contribution is -0.335. The molecule has 1 aliphatic heterocycles. The normalized spacial score (nSPS) is 26.1. The first-order valence-corrected chi connectivity index (χ1v) is 22.6. The third-order valence-electron chi connectivity index (χ3n) is 11.9. The summed E-state index contributed by atoms with van der Waals surface area (Å²) in [7, 11) is 0. The van der Waals surface area contributed by atoms with E-state index in [9.17, 15) is 15.7 Å². The average molecular weight is 908 g/mol. The third kappa shape index (κ3) is 13.2. The van der Waals surface area contributed by atoms with E-state index in [4.69, 9.17) is 37.9 Å². The molecule has 1 saturated heterocycles. The molecule has 2 N–H and O–H groups in total. The minimum atomic E-state index is -1.60. The van der Waals surface area contributed by atoms with Crippen molar-refractivity contribution in [2.24, 2.45) is 5.11 Å². The Morgan fingerprint density at radius 1 is 0.418 bits per heavy atom. The number of rotatable bonds is 22. The Hall–Kier alpha value is -5.77. The molecule has 1 heterocycles. The first kappa shape index (κ1) is 47.7. The van der Waals surface area contributed by atoms with Crippen molar-refractivity contribution in [1.29, 1.82) is 0 Å². The van der Waals surface area contributed by atoms with E-state index in [-0.39, 0.29) is 46.2 Å². The largest absolute Gasteiger partial charge is 0.387 e. The Morgan fingerprint density at radius 2 is 0.746 bits per heavy atom. The van der Waals surface area contributed by atoms with Crippen LogP contribution in [-0.2, 0) is 77.5 Å². The number of aliphatic hydroxyl groups excluding tert-OH is 2. The number of ether oxygens (including phenoxy) is 8. The lowest BCUT2D eigenvalue weighted by Crippen LogP contribution is -2.68. The van der Waals surface area contributed by atoms with Crippen LogP contribution < -0.4 is 0 Å². The van der Waals surface area contributed by atoms with Crippen molar-refractivity contribution < 1.29 is 48.1 Å². The quantitative estimate of drug-likeness (QED) is 0.0383. The lowest BCUT2D eigenvalue weighted by atomic mass is 9.83. The van der Waals surface area contributed by atoms with Gasteiger partial charge >= 0.3 is 0 Å². The van der Waals surface area contributed by atoms with Gasteiger partial charge in [0, 0.05) is 4.91 Å². The Labute approximate surface area is 391 Å². The zero-order chi connectivity index (χ0) is 46.0. The molecule has 0 amide bonds. The molecule has 1 saturated carbocycles. The molecule has 6 aromatic rings. The fraction of sp³-hybridized carbons (Fsp3) is 0.333. The van der Waals surface area contributed by atoms with E-state index >= 15 is 0 Å². The molecule has 2 aliphatic rings. The molecule has 0 radical (unpaired) electrons. The maximum absolute atomic E-state index is 12.3. The number of azide groups is 1. The molecule has 11 atom stereocenters. The van der Waals surface area contributed by atoms with E-state index < -0.39 is 67.3 Å². The number of hydrogen-bond donors (Lipinski definition) is 2. The maximum Gasteiger partial charge on any atom is 0.169 e. The highest BCUT2D eigenvalue weighted by atomic mass is 16.7. The van der Waals surface area contributed by atoms with Crippen LogP contribution in [0.5, 0.6) is 0 Å². The first-order chi connectivity index (χ1) is 33.0. The number of hydrogen-bond acceptors (Lipinski definition) is 11. The molecule has 6 unspecified atom stereocenters. The molecule has 0 aromatic heterocycles. The van der Waals surface area contributed by atoms with Crippen molar-refractivity contribution in [2.45, 2.75) is 107 Å². The SMILES string of the molecule is [N-]=[N+]=NC1C(O[C@H]2C(O)[C@H](O)C(OCc3ccccc3)C(OCc3ccccc3)[C@@H]2OCc2ccccc2)OC(COCc2ccccc2)[C@H](OCc2ccccc2)[C@@H]1OCc1ccccc1. The molecule has 0 bridgehead atoms. The fourth-order valence-electron chi connectivity index (χ4n) is 8.45. The number of aliphatic hydroxyl groups is 2. The van der Waals surface area contributed by atoms with Gasteiger partial charge in [0.05, 0.1) is 46.2 Å².